The summed E-state index contributed by atoms with van der Waals surface area (Å²) in [7, 11) is 1.62. The molecule has 0 aliphatic heterocycles. The Kier molecular flexibility index (Phi) is 3.16. The van der Waals surface area contributed by atoms with Gasteiger partial charge >= 0.3 is 0 Å². The van der Waals surface area contributed by atoms with Gasteiger partial charge in [0.25, 0.3) is 0 Å². The number of ether oxygens (including phenoxy) is 1. The van der Waals surface area contributed by atoms with Crippen molar-refractivity contribution in [3.05, 3.63) is 58.1 Å². The molecular formula is C16H14O4. The van der Waals surface area contributed by atoms with Crippen LogP contribution in [0.3, 0.4) is 0 Å². The predicted molar refractivity (Wildman–Crippen MR) is 75.6 cm³/mol. The maximum atomic E-state index is 12.3. The molecule has 0 radical (unpaired) electrons. The van der Waals surface area contributed by atoms with Crippen LogP contribution in [0.4, 0.5) is 0 Å². The minimum Gasteiger partial charge on any atom is -0.472 e. The molecule has 2 aromatic heterocycles. The van der Waals surface area contributed by atoms with Gasteiger partial charge in [-0.3, -0.25) is 4.79 Å². The number of methoxy groups -OCH3 is 1. The SMILES string of the molecule is COCc1cc(C)cc2c(=O)cc(-c3ccoc3)oc12. The van der Waals surface area contributed by atoms with Gasteiger partial charge in [-0.15, -0.1) is 0 Å². The highest BCUT2D eigenvalue weighted by molar-refractivity contribution is 5.82. The van der Waals surface area contributed by atoms with E-state index in [-0.39, 0.29) is 5.43 Å². The molecule has 0 aliphatic carbocycles. The van der Waals surface area contributed by atoms with Crippen molar-refractivity contribution in [2.75, 3.05) is 7.11 Å². The van der Waals surface area contributed by atoms with E-state index >= 15 is 0 Å². The van der Waals surface area contributed by atoms with Gasteiger partial charge in [0.2, 0.25) is 0 Å². The molecule has 0 atom stereocenters. The third kappa shape index (κ3) is 2.14. The van der Waals surface area contributed by atoms with Crippen LogP contribution >= 0.6 is 0 Å². The van der Waals surface area contributed by atoms with Crippen molar-refractivity contribution in [3.8, 4) is 11.3 Å². The van der Waals surface area contributed by atoms with Crippen LogP contribution in [-0.4, -0.2) is 7.11 Å². The first-order valence-corrected chi connectivity index (χ1v) is 6.28. The summed E-state index contributed by atoms with van der Waals surface area (Å²) in [5.41, 5.74) is 3.12. The minimum absolute atomic E-state index is 0.0662. The summed E-state index contributed by atoms with van der Waals surface area (Å²) >= 11 is 0. The number of benzene rings is 1. The Balaban J connectivity index is 2.31. The molecule has 0 N–H and O–H groups in total. The summed E-state index contributed by atoms with van der Waals surface area (Å²) in [6.07, 6.45) is 3.10. The molecule has 0 amide bonds. The zero-order chi connectivity index (χ0) is 14.1. The molecule has 1 aromatic carbocycles. The third-order valence-electron chi connectivity index (χ3n) is 3.16. The van der Waals surface area contributed by atoms with Crippen molar-refractivity contribution in [2.24, 2.45) is 0 Å². The van der Waals surface area contributed by atoms with Crippen molar-refractivity contribution in [1.29, 1.82) is 0 Å². The lowest BCUT2D eigenvalue weighted by atomic mass is 10.1. The van der Waals surface area contributed by atoms with Gasteiger partial charge in [-0.1, -0.05) is 0 Å². The molecule has 0 unspecified atom stereocenters. The maximum Gasteiger partial charge on any atom is 0.193 e. The Bertz CT molecular complexity index is 797. The number of fused-ring (bicyclic) bond motifs is 1. The zero-order valence-corrected chi connectivity index (χ0v) is 11.3. The van der Waals surface area contributed by atoms with Gasteiger partial charge < -0.3 is 13.6 Å². The van der Waals surface area contributed by atoms with E-state index in [2.05, 4.69) is 0 Å². The fourth-order valence-corrected chi connectivity index (χ4v) is 2.30. The van der Waals surface area contributed by atoms with Gasteiger partial charge in [0.15, 0.2) is 5.43 Å². The number of rotatable bonds is 3. The molecule has 0 spiro atoms. The molecule has 3 aromatic rings. The Morgan fingerprint density at radius 2 is 2.10 bits per heavy atom. The van der Waals surface area contributed by atoms with Gasteiger partial charge in [-0.25, -0.2) is 0 Å². The largest absolute Gasteiger partial charge is 0.472 e. The highest BCUT2D eigenvalue weighted by Crippen LogP contribution is 2.26. The number of hydrogen-bond acceptors (Lipinski definition) is 4. The van der Waals surface area contributed by atoms with E-state index in [1.54, 1.807) is 25.7 Å². The Morgan fingerprint density at radius 1 is 1.25 bits per heavy atom. The highest BCUT2D eigenvalue weighted by Gasteiger charge is 2.12. The summed E-state index contributed by atoms with van der Waals surface area (Å²) < 4.78 is 16.1. The standard InChI is InChI=1S/C16H14O4/c1-10-5-12(8-18-2)16-13(6-10)14(17)7-15(20-16)11-3-4-19-9-11/h3-7,9H,8H2,1-2H3. The van der Waals surface area contributed by atoms with Crippen molar-refractivity contribution in [2.45, 2.75) is 13.5 Å². The molecule has 3 rings (SSSR count). The second kappa shape index (κ2) is 4.98. The quantitative estimate of drug-likeness (QED) is 0.730. The molecule has 0 bridgehead atoms. The van der Waals surface area contributed by atoms with Crippen molar-refractivity contribution in [1.82, 2.24) is 0 Å². The second-order valence-corrected chi connectivity index (χ2v) is 4.72. The first kappa shape index (κ1) is 12.7. The molecule has 0 aliphatic rings. The van der Waals surface area contributed by atoms with Crippen LogP contribution < -0.4 is 5.43 Å². The summed E-state index contributed by atoms with van der Waals surface area (Å²) in [4.78, 5) is 12.3. The minimum atomic E-state index is -0.0662. The van der Waals surface area contributed by atoms with E-state index in [9.17, 15) is 4.79 Å². The van der Waals surface area contributed by atoms with E-state index in [4.69, 9.17) is 13.6 Å². The normalized spacial score (nSPS) is 11.1. The second-order valence-electron chi connectivity index (χ2n) is 4.72. The van der Waals surface area contributed by atoms with E-state index in [1.165, 1.54) is 6.07 Å². The van der Waals surface area contributed by atoms with Crippen LogP contribution in [0, 0.1) is 6.92 Å². The van der Waals surface area contributed by atoms with Gasteiger partial charge in [-0.2, -0.15) is 0 Å². The fourth-order valence-electron chi connectivity index (χ4n) is 2.30. The van der Waals surface area contributed by atoms with Crippen LogP contribution in [0.1, 0.15) is 11.1 Å². The smallest absolute Gasteiger partial charge is 0.193 e. The number of hydrogen-bond donors (Lipinski definition) is 0. The molecule has 4 nitrogen and oxygen atoms in total. The Hall–Kier alpha value is -2.33. The monoisotopic (exact) mass is 270 g/mol. The topological polar surface area (TPSA) is 52.6 Å². The van der Waals surface area contributed by atoms with Gasteiger partial charge in [0.1, 0.15) is 17.6 Å². The lowest BCUT2D eigenvalue weighted by Crippen LogP contribution is -2.03. The van der Waals surface area contributed by atoms with Crippen LogP contribution in [0.2, 0.25) is 0 Å². The summed E-state index contributed by atoms with van der Waals surface area (Å²) in [5.74, 6) is 0.498. The number of aryl methyl sites for hydroxylation is 1. The van der Waals surface area contributed by atoms with Crippen molar-refractivity contribution in [3.63, 3.8) is 0 Å². The average molecular weight is 270 g/mol. The molecule has 2 heterocycles. The van der Waals surface area contributed by atoms with E-state index < -0.39 is 0 Å². The molecule has 0 saturated carbocycles. The maximum absolute atomic E-state index is 12.3. The predicted octanol–water partition coefficient (Wildman–Crippen LogP) is 3.51. The van der Waals surface area contributed by atoms with Crippen LogP contribution in [-0.2, 0) is 11.3 Å². The van der Waals surface area contributed by atoms with Crippen molar-refractivity contribution < 1.29 is 13.6 Å². The Morgan fingerprint density at radius 3 is 2.80 bits per heavy atom. The van der Waals surface area contributed by atoms with Crippen LogP contribution in [0.15, 0.2) is 50.4 Å². The summed E-state index contributed by atoms with van der Waals surface area (Å²) in [5, 5.41) is 0.573. The van der Waals surface area contributed by atoms with Crippen molar-refractivity contribution >= 4 is 11.0 Å². The third-order valence-corrected chi connectivity index (χ3v) is 3.16. The van der Waals surface area contributed by atoms with Crippen LogP contribution in [0.25, 0.3) is 22.3 Å². The Labute approximate surface area is 115 Å². The zero-order valence-electron chi connectivity index (χ0n) is 11.3. The molecule has 20 heavy (non-hydrogen) atoms. The van der Waals surface area contributed by atoms with Crippen LogP contribution in [0.5, 0.6) is 0 Å². The first-order chi connectivity index (χ1) is 9.69. The van der Waals surface area contributed by atoms with Gasteiger partial charge in [-0.05, 0) is 30.7 Å². The molecule has 0 fully saturated rings. The lowest BCUT2D eigenvalue weighted by Gasteiger charge is -2.07. The van der Waals surface area contributed by atoms with Gasteiger partial charge in [0.05, 0.1) is 23.8 Å². The lowest BCUT2D eigenvalue weighted by molar-refractivity contribution is 0.185. The van der Waals surface area contributed by atoms with E-state index in [0.29, 0.717) is 23.3 Å². The molecule has 102 valence electrons. The molecule has 0 saturated heterocycles. The van der Waals surface area contributed by atoms with E-state index in [0.717, 1.165) is 16.7 Å². The van der Waals surface area contributed by atoms with E-state index in [1.807, 2.05) is 19.1 Å². The average Bonchev–Trinajstić information content (AvgIpc) is 2.94. The summed E-state index contributed by atoms with van der Waals surface area (Å²) in [6.45, 7) is 2.35. The fraction of sp³-hybridized carbons (Fsp3) is 0.188. The highest BCUT2D eigenvalue weighted by atomic mass is 16.5. The van der Waals surface area contributed by atoms with Gasteiger partial charge in [0, 0.05) is 18.7 Å². The molecule has 4 heteroatoms. The molecular weight excluding hydrogens is 256 g/mol. The first-order valence-electron chi connectivity index (χ1n) is 6.28. The summed E-state index contributed by atoms with van der Waals surface area (Å²) in [6, 6.07) is 7.05. The number of furan rings is 1.